The molecule has 0 spiro atoms. The van der Waals surface area contributed by atoms with Gasteiger partial charge in [0.2, 0.25) is 5.91 Å². The van der Waals surface area contributed by atoms with Gasteiger partial charge in [-0.2, -0.15) is 0 Å². The van der Waals surface area contributed by atoms with Gasteiger partial charge in [-0.1, -0.05) is 51.5 Å². The minimum Gasteiger partial charge on any atom is -0.350 e. The van der Waals surface area contributed by atoms with Gasteiger partial charge in [0.15, 0.2) is 0 Å². The van der Waals surface area contributed by atoms with Crippen LogP contribution < -0.4 is 5.32 Å². The highest BCUT2D eigenvalue weighted by atomic mass is 16.1. The zero-order chi connectivity index (χ0) is 13.1. The van der Waals surface area contributed by atoms with Crippen LogP contribution in [0.2, 0.25) is 0 Å². The molecule has 2 nitrogen and oxygen atoms in total. The van der Waals surface area contributed by atoms with Gasteiger partial charge < -0.3 is 5.32 Å². The summed E-state index contributed by atoms with van der Waals surface area (Å²) in [5, 5.41) is 2.89. The maximum atomic E-state index is 11.1. The van der Waals surface area contributed by atoms with E-state index >= 15 is 0 Å². The van der Waals surface area contributed by atoms with Gasteiger partial charge in [0, 0.05) is 12.5 Å². The van der Waals surface area contributed by atoms with Crippen molar-refractivity contribution in [1.82, 2.24) is 5.32 Å². The Labute approximate surface area is 106 Å². The second kappa shape index (κ2) is 10.1. The number of amides is 1. The smallest absolute Gasteiger partial charge is 0.220 e. The predicted molar refractivity (Wildman–Crippen MR) is 74.9 cm³/mol. The van der Waals surface area contributed by atoms with Crippen LogP contribution in [-0.4, -0.2) is 11.9 Å². The molecular formula is C15H27NO. The summed E-state index contributed by atoms with van der Waals surface area (Å²) in [7, 11) is 0. The fourth-order valence-electron chi connectivity index (χ4n) is 1.39. The van der Waals surface area contributed by atoms with Crippen molar-refractivity contribution in [3.05, 3.63) is 24.3 Å². The topological polar surface area (TPSA) is 29.1 Å². The van der Waals surface area contributed by atoms with Crippen molar-refractivity contribution >= 4 is 5.91 Å². The average molecular weight is 237 g/mol. The van der Waals surface area contributed by atoms with Crippen LogP contribution in [0.1, 0.15) is 53.4 Å². The molecular weight excluding hydrogens is 210 g/mol. The molecule has 2 atom stereocenters. The molecule has 0 aromatic rings. The van der Waals surface area contributed by atoms with Gasteiger partial charge >= 0.3 is 0 Å². The van der Waals surface area contributed by atoms with Crippen LogP contribution in [0, 0.1) is 5.92 Å². The number of allylic oxidation sites excluding steroid dienone is 3. The molecule has 0 bridgehead atoms. The Hall–Kier alpha value is -1.05. The lowest BCUT2D eigenvalue weighted by molar-refractivity contribution is -0.121. The number of hydrogen-bond acceptors (Lipinski definition) is 1. The van der Waals surface area contributed by atoms with Gasteiger partial charge in [-0.05, 0) is 25.7 Å². The van der Waals surface area contributed by atoms with E-state index in [1.165, 1.54) is 12.8 Å². The summed E-state index contributed by atoms with van der Waals surface area (Å²) in [4.78, 5) is 11.1. The molecule has 1 amide bonds. The normalized spacial score (nSPS) is 15.3. The third-order valence-electron chi connectivity index (χ3n) is 2.88. The van der Waals surface area contributed by atoms with Crippen LogP contribution in [0.25, 0.3) is 0 Å². The van der Waals surface area contributed by atoms with Crippen LogP contribution in [0.3, 0.4) is 0 Å². The van der Waals surface area contributed by atoms with E-state index in [0.29, 0.717) is 6.42 Å². The molecule has 2 heteroatoms. The Balaban J connectivity index is 3.71. The zero-order valence-electron chi connectivity index (χ0n) is 11.7. The summed E-state index contributed by atoms with van der Waals surface area (Å²) < 4.78 is 0. The summed E-state index contributed by atoms with van der Waals surface area (Å²) in [5.41, 5.74) is 0. The van der Waals surface area contributed by atoms with E-state index in [2.05, 4.69) is 31.3 Å². The molecule has 17 heavy (non-hydrogen) atoms. The molecule has 98 valence electrons. The van der Waals surface area contributed by atoms with Crippen molar-refractivity contribution < 1.29 is 4.79 Å². The van der Waals surface area contributed by atoms with Gasteiger partial charge in [0.05, 0.1) is 0 Å². The second-order valence-corrected chi connectivity index (χ2v) is 4.61. The highest BCUT2D eigenvalue weighted by Crippen LogP contribution is 2.09. The maximum Gasteiger partial charge on any atom is 0.220 e. The van der Waals surface area contributed by atoms with E-state index < -0.39 is 0 Å². The van der Waals surface area contributed by atoms with Crippen LogP contribution >= 0.6 is 0 Å². The first kappa shape index (κ1) is 16.0. The van der Waals surface area contributed by atoms with E-state index in [0.717, 1.165) is 12.3 Å². The lowest BCUT2D eigenvalue weighted by Gasteiger charge is -2.07. The molecule has 2 unspecified atom stereocenters. The number of carbonyl (C=O) groups excluding carboxylic acids is 1. The molecule has 0 aliphatic heterocycles. The summed E-state index contributed by atoms with van der Waals surface area (Å²) in [6, 6.07) is 0.113. The minimum absolute atomic E-state index is 0.0999. The van der Waals surface area contributed by atoms with E-state index in [4.69, 9.17) is 0 Å². The number of carbonyl (C=O) groups is 1. The maximum absolute atomic E-state index is 11.1. The Morgan fingerprint density at radius 2 is 1.94 bits per heavy atom. The Kier molecular flexibility index (Phi) is 9.50. The third kappa shape index (κ3) is 9.86. The standard InChI is InChI=1S/C15H27NO/c1-5-13(3)11-9-7-8-10-12-14(4)16-15(17)6-2/h7-8,10,12-14H,5-6,9,11H2,1-4H3,(H,16,17)/b8-7-,12-10+. The summed E-state index contributed by atoms with van der Waals surface area (Å²) >= 11 is 0. The molecule has 0 radical (unpaired) electrons. The Morgan fingerprint density at radius 1 is 1.24 bits per heavy atom. The zero-order valence-corrected chi connectivity index (χ0v) is 11.7. The monoisotopic (exact) mass is 237 g/mol. The summed E-state index contributed by atoms with van der Waals surface area (Å²) in [5.74, 6) is 0.911. The lowest BCUT2D eigenvalue weighted by Crippen LogP contribution is -2.30. The number of hydrogen-bond donors (Lipinski definition) is 1. The highest BCUT2D eigenvalue weighted by molar-refractivity contribution is 5.76. The first-order chi connectivity index (χ1) is 8.10. The minimum atomic E-state index is 0.0999. The van der Waals surface area contributed by atoms with Crippen LogP contribution in [0.4, 0.5) is 0 Å². The molecule has 0 heterocycles. The third-order valence-corrected chi connectivity index (χ3v) is 2.88. The van der Waals surface area contributed by atoms with Gasteiger partial charge in [-0.3, -0.25) is 4.79 Å². The fraction of sp³-hybridized carbons (Fsp3) is 0.667. The van der Waals surface area contributed by atoms with E-state index in [9.17, 15) is 4.79 Å². The van der Waals surface area contributed by atoms with Crippen molar-refractivity contribution in [3.63, 3.8) is 0 Å². The predicted octanol–water partition coefficient (Wildman–Crippen LogP) is 3.84. The summed E-state index contributed by atoms with van der Waals surface area (Å²) in [6.45, 7) is 8.36. The molecule has 0 aromatic carbocycles. The number of nitrogens with one attached hydrogen (secondary N) is 1. The molecule has 0 aromatic heterocycles. The van der Waals surface area contributed by atoms with Crippen molar-refractivity contribution in [2.45, 2.75) is 59.4 Å². The van der Waals surface area contributed by atoms with Crippen molar-refractivity contribution in [2.24, 2.45) is 5.92 Å². The molecule has 1 N–H and O–H groups in total. The van der Waals surface area contributed by atoms with Crippen LogP contribution in [0.15, 0.2) is 24.3 Å². The van der Waals surface area contributed by atoms with Crippen molar-refractivity contribution in [1.29, 1.82) is 0 Å². The molecule has 0 rings (SSSR count). The Bertz CT molecular complexity index is 256. The second-order valence-electron chi connectivity index (χ2n) is 4.61. The highest BCUT2D eigenvalue weighted by Gasteiger charge is 1.99. The van der Waals surface area contributed by atoms with Gasteiger partial charge in [-0.15, -0.1) is 0 Å². The van der Waals surface area contributed by atoms with Crippen molar-refractivity contribution in [2.75, 3.05) is 0 Å². The molecule has 0 aliphatic rings. The first-order valence-electron chi connectivity index (χ1n) is 6.72. The van der Waals surface area contributed by atoms with Gasteiger partial charge in [0.1, 0.15) is 0 Å². The molecule has 0 saturated carbocycles. The average Bonchev–Trinajstić information content (AvgIpc) is 2.32. The largest absolute Gasteiger partial charge is 0.350 e. The molecule has 0 fully saturated rings. The van der Waals surface area contributed by atoms with Gasteiger partial charge in [-0.25, -0.2) is 0 Å². The van der Waals surface area contributed by atoms with Crippen LogP contribution in [-0.2, 0) is 4.79 Å². The quantitative estimate of drug-likeness (QED) is 0.638. The van der Waals surface area contributed by atoms with E-state index in [-0.39, 0.29) is 11.9 Å². The Morgan fingerprint density at radius 3 is 2.53 bits per heavy atom. The van der Waals surface area contributed by atoms with Crippen LogP contribution in [0.5, 0.6) is 0 Å². The summed E-state index contributed by atoms with van der Waals surface area (Å²) in [6.07, 6.45) is 12.5. The molecule has 0 saturated heterocycles. The van der Waals surface area contributed by atoms with E-state index in [1.807, 2.05) is 26.0 Å². The molecule has 0 aliphatic carbocycles. The lowest BCUT2D eigenvalue weighted by atomic mass is 10.0. The number of rotatable bonds is 8. The van der Waals surface area contributed by atoms with Crippen molar-refractivity contribution in [3.8, 4) is 0 Å². The van der Waals surface area contributed by atoms with E-state index in [1.54, 1.807) is 0 Å². The van der Waals surface area contributed by atoms with Gasteiger partial charge in [0.25, 0.3) is 0 Å². The SMILES string of the molecule is CCC(=O)NC(C)/C=C/C=C\CCC(C)CC. The first-order valence-corrected chi connectivity index (χ1v) is 6.72. The fourth-order valence-corrected chi connectivity index (χ4v) is 1.39.